The van der Waals surface area contributed by atoms with Crippen molar-refractivity contribution in [2.45, 2.75) is 20.4 Å². The van der Waals surface area contributed by atoms with Crippen molar-refractivity contribution in [2.75, 3.05) is 19.5 Å². The highest BCUT2D eigenvalue weighted by Crippen LogP contribution is 2.37. The summed E-state index contributed by atoms with van der Waals surface area (Å²) in [6.07, 6.45) is 1.51. The molecule has 220 valence electrons. The zero-order chi connectivity index (χ0) is 30.8. The van der Waals surface area contributed by atoms with Gasteiger partial charge in [0.05, 0.1) is 25.4 Å². The van der Waals surface area contributed by atoms with Gasteiger partial charge >= 0.3 is 5.69 Å². The Morgan fingerprint density at radius 3 is 2.26 bits per heavy atom. The smallest absolute Gasteiger partial charge is 0.335 e. The molecule has 12 heteroatoms. The summed E-state index contributed by atoms with van der Waals surface area (Å²) in [5.41, 5.74) is -1.09. The Morgan fingerprint density at radius 2 is 1.60 bits per heavy atom. The van der Waals surface area contributed by atoms with Crippen molar-refractivity contribution in [1.29, 1.82) is 0 Å². The second-order valence-electron chi connectivity index (χ2n) is 9.34. The Labute approximate surface area is 243 Å². The molecule has 1 N–H and O–H groups in total. The summed E-state index contributed by atoms with van der Waals surface area (Å²) < 4.78 is 47.3. The fourth-order valence-corrected chi connectivity index (χ4v) is 4.71. The molecule has 43 heavy (non-hydrogen) atoms. The van der Waals surface area contributed by atoms with Crippen LogP contribution in [0.15, 0.2) is 76.4 Å². The van der Waals surface area contributed by atoms with Gasteiger partial charge in [-0.25, -0.2) is 18.1 Å². The zero-order valence-corrected chi connectivity index (χ0v) is 23.6. The van der Waals surface area contributed by atoms with Crippen LogP contribution in [0, 0.1) is 18.6 Å². The van der Waals surface area contributed by atoms with Crippen molar-refractivity contribution in [3.05, 3.63) is 111 Å². The number of benzene rings is 3. The minimum Gasteiger partial charge on any atom is -0.493 e. The molecular formula is C31H26F2N4O6. The maximum absolute atomic E-state index is 15.2. The first kappa shape index (κ1) is 29.0. The quantitative estimate of drug-likeness (QED) is 0.265. The lowest BCUT2D eigenvalue weighted by molar-refractivity contribution is 0.102. The average molecular weight is 589 g/mol. The average Bonchev–Trinajstić information content (AvgIpc) is 2.99. The van der Waals surface area contributed by atoms with Gasteiger partial charge in [-0.05, 0) is 62.4 Å². The second kappa shape index (κ2) is 11.8. The molecular weight excluding hydrogens is 562 g/mol. The van der Waals surface area contributed by atoms with Gasteiger partial charge in [-0.1, -0.05) is 0 Å². The van der Waals surface area contributed by atoms with Gasteiger partial charge in [-0.2, -0.15) is 0 Å². The molecule has 0 aliphatic heterocycles. The number of fused-ring (bicyclic) bond motifs is 1. The summed E-state index contributed by atoms with van der Waals surface area (Å²) in [5.74, 6) is -1.11. The lowest BCUT2D eigenvalue weighted by Gasteiger charge is -2.16. The Balaban J connectivity index is 1.46. The third-order valence-electron chi connectivity index (χ3n) is 6.85. The molecule has 3 aromatic carbocycles. The Morgan fingerprint density at radius 1 is 0.907 bits per heavy atom. The molecule has 2 aromatic heterocycles. The van der Waals surface area contributed by atoms with E-state index in [-0.39, 0.29) is 34.9 Å². The van der Waals surface area contributed by atoms with Crippen LogP contribution in [0.5, 0.6) is 23.0 Å². The third kappa shape index (κ3) is 5.42. The lowest BCUT2D eigenvalue weighted by atomic mass is 10.1. The number of aromatic nitrogens is 3. The Hall–Kier alpha value is -5.52. The first-order valence-electron chi connectivity index (χ1n) is 13.1. The van der Waals surface area contributed by atoms with Gasteiger partial charge < -0.3 is 19.5 Å². The second-order valence-corrected chi connectivity index (χ2v) is 9.34. The molecule has 0 unspecified atom stereocenters. The minimum absolute atomic E-state index is 0.0437. The highest BCUT2D eigenvalue weighted by molar-refractivity contribution is 6.04. The summed E-state index contributed by atoms with van der Waals surface area (Å²) in [4.78, 5) is 44.1. The molecule has 1 amide bonds. The van der Waals surface area contributed by atoms with E-state index in [1.54, 1.807) is 25.1 Å². The number of pyridine rings is 1. The first-order valence-corrected chi connectivity index (χ1v) is 13.1. The number of rotatable bonds is 8. The molecule has 0 saturated heterocycles. The molecule has 0 atom stereocenters. The summed E-state index contributed by atoms with van der Waals surface area (Å²) >= 11 is 0. The van der Waals surface area contributed by atoms with Crippen molar-refractivity contribution >= 4 is 22.5 Å². The Kier molecular flexibility index (Phi) is 7.93. The molecule has 5 rings (SSSR count). The van der Waals surface area contributed by atoms with E-state index < -0.39 is 28.8 Å². The summed E-state index contributed by atoms with van der Waals surface area (Å²) in [5, 5.41) is 3.08. The van der Waals surface area contributed by atoms with Crippen LogP contribution in [-0.2, 0) is 6.54 Å². The highest BCUT2D eigenvalue weighted by atomic mass is 19.1. The number of halogens is 2. The van der Waals surface area contributed by atoms with E-state index in [4.69, 9.17) is 14.2 Å². The number of carbonyl (C=O) groups is 1. The maximum Gasteiger partial charge on any atom is 0.335 e. The number of nitrogens with zero attached hydrogens (tertiary/aromatic N) is 3. The number of hydrogen-bond donors (Lipinski definition) is 1. The molecule has 0 radical (unpaired) electrons. The zero-order valence-electron chi connectivity index (χ0n) is 23.6. The van der Waals surface area contributed by atoms with Crippen LogP contribution in [0.2, 0.25) is 0 Å². The van der Waals surface area contributed by atoms with Crippen molar-refractivity contribution in [1.82, 2.24) is 14.1 Å². The Bertz CT molecular complexity index is 1990. The van der Waals surface area contributed by atoms with Gasteiger partial charge in [0.2, 0.25) is 0 Å². The fourth-order valence-electron chi connectivity index (χ4n) is 4.71. The van der Waals surface area contributed by atoms with E-state index in [1.807, 2.05) is 0 Å². The number of carbonyl (C=O) groups excluding carboxylic acids is 1. The first-order chi connectivity index (χ1) is 20.7. The van der Waals surface area contributed by atoms with Crippen molar-refractivity contribution in [3.8, 4) is 28.7 Å². The largest absolute Gasteiger partial charge is 0.493 e. The molecule has 0 aliphatic rings. The lowest BCUT2D eigenvalue weighted by Crippen LogP contribution is -2.44. The van der Waals surface area contributed by atoms with E-state index in [0.717, 1.165) is 22.8 Å². The van der Waals surface area contributed by atoms with Gasteiger partial charge in [0.1, 0.15) is 17.1 Å². The van der Waals surface area contributed by atoms with E-state index >= 15 is 4.39 Å². The maximum atomic E-state index is 15.2. The number of anilines is 1. The van der Waals surface area contributed by atoms with E-state index in [1.165, 1.54) is 56.2 Å². The van der Waals surface area contributed by atoms with Gasteiger partial charge in [0.25, 0.3) is 11.5 Å². The molecule has 0 bridgehead atoms. The van der Waals surface area contributed by atoms with Crippen molar-refractivity contribution < 1.29 is 27.8 Å². The summed E-state index contributed by atoms with van der Waals surface area (Å²) in [6, 6.07) is 13.4. The molecule has 5 aromatic rings. The topological polar surface area (TPSA) is 114 Å². The van der Waals surface area contributed by atoms with Crippen LogP contribution in [-0.4, -0.2) is 34.2 Å². The number of hydrogen-bond acceptors (Lipinski definition) is 7. The summed E-state index contributed by atoms with van der Waals surface area (Å²) in [7, 11) is 2.99. The van der Waals surface area contributed by atoms with Gasteiger partial charge in [0.15, 0.2) is 23.1 Å². The van der Waals surface area contributed by atoms with Crippen LogP contribution in [0.4, 0.5) is 14.5 Å². The standard InChI is InChI=1S/C31H26F2N4O6/c1-5-36-17(2)28(30(39)37(31(36)40)20-9-6-18(32)7-10-20)29(38)35-19-8-11-25(22(33)14-19)43-24-12-13-34-23-16-27(42-4)26(41-3)15-21(23)24/h6-16H,5H2,1-4H3,(H,35,38). The van der Waals surface area contributed by atoms with Crippen LogP contribution >= 0.6 is 0 Å². The predicted octanol–water partition coefficient (Wildman–Crippen LogP) is 5.22. The molecule has 2 heterocycles. The van der Waals surface area contributed by atoms with Gasteiger partial charge in [0, 0.05) is 41.6 Å². The monoisotopic (exact) mass is 588 g/mol. The SMILES string of the molecule is CCn1c(C)c(C(=O)Nc2ccc(Oc3ccnc4cc(OC)c(OC)cc34)c(F)c2)c(=O)n(-c2ccc(F)cc2)c1=O. The molecule has 10 nitrogen and oxygen atoms in total. The third-order valence-corrected chi connectivity index (χ3v) is 6.85. The van der Waals surface area contributed by atoms with E-state index in [0.29, 0.717) is 28.2 Å². The van der Waals surface area contributed by atoms with Crippen LogP contribution in [0.3, 0.4) is 0 Å². The highest BCUT2D eigenvalue weighted by Gasteiger charge is 2.23. The van der Waals surface area contributed by atoms with Crippen LogP contribution < -0.4 is 30.8 Å². The molecule has 0 spiro atoms. The van der Waals surface area contributed by atoms with Crippen LogP contribution in [0.1, 0.15) is 23.0 Å². The number of nitrogens with one attached hydrogen (secondary N) is 1. The normalized spacial score (nSPS) is 10.9. The fraction of sp³-hybridized carbons (Fsp3) is 0.161. The van der Waals surface area contributed by atoms with Gasteiger partial charge in [-0.15, -0.1) is 0 Å². The molecule has 0 saturated carbocycles. The summed E-state index contributed by atoms with van der Waals surface area (Å²) in [6.45, 7) is 3.31. The number of ether oxygens (including phenoxy) is 3. The number of amides is 1. The van der Waals surface area contributed by atoms with E-state index in [2.05, 4.69) is 10.3 Å². The number of methoxy groups -OCH3 is 2. The minimum atomic E-state index is -0.895. The molecule has 0 fully saturated rings. The molecule has 0 aliphatic carbocycles. The van der Waals surface area contributed by atoms with Gasteiger partial charge in [-0.3, -0.25) is 19.1 Å². The van der Waals surface area contributed by atoms with Crippen molar-refractivity contribution in [2.24, 2.45) is 0 Å². The van der Waals surface area contributed by atoms with E-state index in [9.17, 15) is 18.8 Å². The van der Waals surface area contributed by atoms with Crippen LogP contribution in [0.25, 0.3) is 16.6 Å². The predicted molar refractivity (Wildman–Crippen MR) is 156 cm³/mol. The van der Waals surface area contributed by atoms with Crippen molar-refractivity contribution in [3.63, 3.8) is 0 Å².